The lowest BCUT2D eigenvalue weighted by Gasteiger charge is -2.32. The summed E-state index contributed by atoms with van der Waals surface area (Å²) in [6, 6.07) is 17.0. The number of ether oxygens (including phenoxy) is 2. The first-order chi connectivity index (χ1) is 19.8. The van der Waals surface area contributed by atoms with Crippen LogP contribution in [-0.4, -0.2) is 71.7 Å². The van der Waals surface area contributed by atoms with Crippen LogP contribution in [0.1, 0.15) is 32.6 Å². The summed E-state index contributed by atoms with van der Waals surface area (Å²) in [5, 5.41) is 13.6. The lowest BCUT2D eigenvalue weighted by atomic mass is 10.0. The molecule has 0 unspecified atom stereocenters. The Labute approximate surface area is 244 Å². The zero-order valence-electron chi connectivity index (χ0n) is 22.7. The number of fused-ring (bicyclic) bond motifs is 1. The van der Waals surface area contributed by atoms with Gasteiger partial charge in [0.2, 0.25) is 0 Å². The molecule has 2 aromatic heterocycles. The summed E-state index contributed by atoms with van der Waals surface area (Å²) in [5.74, 6) is 0. The monoisotopic (exact) mass is 596 g/mol. The molecule has 41 heavy (non-hydrogen) atoms. The van der Waals surface area contributed by atoms with Crippen molar-refractivity contribution in [1.82, 2.24) is 20.3 Å². The molecule has 0 bridgehead atoms. The van der Waals surface area contributed by atoms with Crippen molar-refractivity contribution < 1.29 is 23.0 Å². The van der Waals surface area contributed by atoms with Crippen molar-refractivity contribution in [3.63, 3.8) is 0 Å². The number of H-pyrrole nitrogens is 1. The van der Waals surface area contributed by atoms with Gasteiger partial charge in [-0.3, -0.25) is 0 Å². The number of hydrogen-bond donors (Lipinski definition) is 3. The van der Waals surface area contributed by atoms with E-state index in [1.165, 1.54) is 0 Å². The molecule has 0 radical (unpaired) electrons. The highest BCUT2D eigenvalue weighted by atomic mass is 35.5. The van der Waals surface area contributed by atoms with E-state index in [0.717, 1.165) is 36.2 Å². The maximum atomic E-state index is 13.0. The Morgan fingerprint density at radius 3 is 2.34 bits per heavy atom. The van der Waals surface area contributed by atoms with Gasteiger partial charge in [-0.2, -0.15) is 4.98 Å². The number of nitrogens with zero attached hydrogens (tertiary/aromatic N) is 2. The first-order valence-electron chi connectivity index (χ1n) is 14.0. The smallest absolute Gasteiger partial charge is 0.296 e. The van der Waals surface area contributed by atoms with Crippen molar-refractivity contribution in [2.24, 2.45) is 0 Å². The molecule has 9 nitrogen and oxygen atoms in total. The van der Waals surface area contributed by atoms with Crippen molar-refractivity contribution in [3.05, 3.63) is 59.6 Å². The van der Waals surface area contributed by atoms with Gasteiger partial charge in [0, 0.05) is 12.0 Å². The minimum atomic E-state index is -3.34. The lowest BCUT2D eigenvalue weighted by Crippen LogP contribution is -2.43. The van der Waals surface area contributed by atoms with Crippen LogP contribution in [0.15, 0.2) is 59.5 Å². The summed E-state index contributed by atoms with van der Waals surface area (Å²) in [5.41, 5.74) is 4.41. The van der Waals surface area contributed by atoms with Crippen LogP contribution in [0.2, 0.25) is 5.02 Å². The number of piperidine rings is 1. The molecule has 6 rings (SSSR count). The normalized spacial score (nSPS) is 22.2. The fourth-order valence-electron chi connectivity index (χ4n) is 5.57. The maximum Gasteiger partial charge on any atom is 0.296 e. The number of rotatable bonds is 7. The molecule has 2 fully saturated rings. The molecule has 3 N–H and O–H groups in total. The van der Waals surface area contributed by atoms with Crippen LogP contribution >= 0.6 is 11.6 Å². The van der Waals surface area contributed by atoms with Gasteiger partial charge in [-0.25, -0.2) is 13.4 Å². The van der Waals surface area contributed by atoms with Crippen LogP contribution in [0.5, 0.6) is 6.01 Å². The fraction of sp³-hybridized carbons (Fsp3) is 0.400. The third-order valence-corrected chi connectivity index (χ3v) is 10.5. The highest BCUT2D eigenvalue weighted by Gasteiger charge is 2.31. The quantitative estimate of drug-likeness (QED) is 0.278. The average molecular weight is 597 g/mol. The Hall–Kier alpha value is -3.02. The van der Waals surface area contributed by atoms with E-state index in [-0.39, 0.29) is 17.5 Å². The topological polar surface area (TPSA) is 126 Å². The Morgan fingerprint density at radius 1 is 1.02 bits per heavy atom. The molecule has 4 aromatic rings. The van der Waals surface area contributed by atoms with E-state index in [1.54, 1.807) is 18.2 Å². The highest BCUT2D eigenvalue weighted by Crippen LogP contribution is 2.32. The van der Waals surface area contributed by atoms with Crippen molar-refractivity contribution in [1.29, 1.82) is 0 Å². The number of sulfone groups is 1. The third kappa shape index (κ3) is 5.85. The summed E-state index contributed by atoms with van der Waals surface area (Å²) in [7, 11) is -3.34. The van der Waals surface area contributed by atoms with Gasteiger partial charge in [0.15, 0.2) is 15.5 Å². The standard InChI is InChI=1S/C30H33ClN4O5S/c1-2-27-26(36)15-21(17-39-27)40-30-33-25-16-24(31)28(34-29(25)35-30)20-5-3-18(4-6-20)19-7-9-22(10-8-19)41(37,38)23-11-13-32-14-12-23/h3-10,16,21,23,26-27,32,36H,2,11-15,17H2,1H3,(H,33,34,35)/t21-,26+,27-/m1/s1. The van der Waals surface area contributed by atoms with E-state index in [9.17, 15) is 13.5 Å². The van der Waals surface area contributed by atoms with Crippen molar-refractivity contribution >= 4 is 32.6 Å². The minimum absolute atomic E-state index is 0.167. The Morgan fingerprint density at radius 2 is 1.68 bits per heavy atom. The molecule has 0 spiro atoms. The molecule has 3 atom stereocenters. The minimum Gasteiger partial charge on any atom is -0.459 e. The zero-order valence-corrected chi connectivity index (χ0v) is 24.3. The molecule has 2 aliphatic heterocycles. The number of pyridine rings is 1. The predicted octanol–water partition coefficient (Wildman–Crippen LogP) is 4.78. The zero-order chi connectivity index (χ0) is 28.6. The van der Waals surface area contributed by atoms with Gasteiger partial charge in [-0.1, -0.05) is 54.9 Å². The third-order valence-electron chi connectivity index (χ3n) is 7.91. The van der Waals surface area contributed by atoms with Gasteiger partial charge in [-0.15, -0.1) is 0 Å². The molecule has 11 heteroatoms. The second-order valence-corrected chi connectivity index (χ2v) is 13.3. The number of nitrogens with one attached hydrogen (secondary N) is 2. The summed E-state index contributed by atoms with van der Waals surface area (Å²) >= 11 is 6.61. The molecule has 2 saturated heterocycles. The molecular weight excluding hydrogens is 564 g/mol. The summed E-state index contributed by atoms with van der Waals surface area (Å²) < 4.78 is 37.7. The molecule has 2 aromatic carbocycles. The SMILES string of the molecule is CC[C@H]1OC[C@H](Oc2nc3nc(-c4ccc(-c5ccc(S(=O)(=O)C6CCNCC6)cc5)cc4)c(Cl)cc3[nH]2)C[C@@H]1O. The van der Waals surface area contributed by atoms with Gasteiger partial charge in [0.25, 0.3) is 6.01 Å². The number of halogens is 1. The Kier molecular flexibility index (Phi) is 8.02. The molecule has 4 heterocycles. The number of benzene rings is 2. The molecule has 0 aliphatic carbocycles. The maximum absolute atomic E-state index is 13.0. The largest absolute Gasteiger partial charge is 0.459 e. The van der Waals surface area contributed by atoms with E-state index < -0.39 is 15.9 Å². The second-order valence-electron chi connectivity index (χ2n) is 10.7. The molecule has 0 amide bonds. The molecule has 2 aliphatic rings. The molecular formula is C30H33ClN4O5S. The van der Waals surface area contributed by atoms with Gasteiger partial charge in [-0.05, 0) is 61.7 Å². The van der Waals surface area contributed by atoms with Gasteiger partial charge in [0.05, 0.1) is 45.2 Å². The van der Waals surface area contributed by atoms with Crippen LogP contribution in [0, 0.1) is 0 Å². The number of imidazole rings is 1. The van der Waals surface area contributed by atoms with Gasteiger partial charge in [0.1, 0.15) is 6.10 Å². The molecule has 216 valence electrons. The molecule has 0 saturated carbocycles. The van der Waals surface area contributed by atoms with E-state index in [4.69, 9.17) is 21.1 Å². The van der Waals surface area contributed by atoms with Crippen molar-refractivity contribution in [3.8, 4) is 28.4 Å². The van der Waals surface area contributed by atoms with Gasteiger partial charge >= 0.3 is 0 Å². The predicted molar refractivity (Wildman–Crippen MR) is 158 cm³/mol. The highest BCUT2D eigenvalue weighted by molar-refractivity contribution is 7.92. The van der Waals surface area contributed by atoms with E-state index in [1.807, 2.05) is 43.3 Å². The Bertz CT molecular complexity index is 1620. The van der Waals surface area contributed by atoms with Gasteiger partial charge < -0.3 is 24.9 Å². The van der Waals surface area contributed by atoms with Crippen LogP contribution < -0.4 is 10.1 Å². The lowest BCUT2D eigenvalue weighted by molar-refractivity contribution is -0.118. The first-order valence-corrected chi connectivity index (χ1v) is 15.9. The number of aliphatic hydroxyl groups is 1. The van der Waals surface area contributed by atoms with E-state index >= 15 is 0 Å². The first kappa shape index (κ1) is 28.1. The number of hydrogen-bond acceptors (Lipinski definition) is 8. The number of aliphatic hydroxyl groups excluding tert-OH is 1. The van der Waals surface area contributed by atoms with Crippen LogP contribution in [0.4, 0.5) is 0 Å². The van der Waals surface area contributed by atoms with Crippen LogP contribution in [-0.2, 0) is 14.6 Å². The summed E-state index contributed by atoms with van der Waals surface area (Å²) in [6.45, 7) is 3.83. The van der Waals surface area contributed by atoms with E-state index in [2.05, 4.69) is 20.3 Å². The summed E-state index contributed by atoms with van der Waals surface area (Å²) in [6.07, 6.45) is 1.45. The van der Waals surface area contributed by atoms with E-state index in [0.29, 0.717) is 58.7 Å². The number of aromatic amines is 1. The fourth-order valence-corrected chi connectivity index (χ4v) is 7.59. The average Bonchev–Trinajstić information content (AvgIpc) is 3.38. The number of aromatic nitrogens is 3. The van der Waals surface area contributed by atoms with Crippen molar-refractivity contribution in [2.75, 3.05) is 19.7 Å². The van der Waals surface area contributed by atoms with Crippen molar-refractivity contribution in [2.45, 2.75) is 61.1 Å². The van der Waals surface area contributed by atoms with Crippen LogP contribution in [0.3, 0.4) is 0 Å². The Balaban J connectivity index is 1.17. The summed E-state index contributed by atoms with van der Waals surface area (Å²) in [4.78, 5) is 12.6. The second kappa shape index (κ2) is 11.7. The van der Waals surface area contributed by atoms with Crippen LogP contribution in [0.25, 0.3) is 33.5 Å².